The van der Waals surface area contributed by atoms with E-state index in [4.69, 9.17) is 5.11 Å². The number of carboxylic acids is 2. The number of amides is 2. The summed E-state index contributed by atoms with van der Waals surface area (Å²) in [5.41, 5.74) is 0. The van der Waals surface area contributed by atoms with Crippen LogP contribution in [0.25, 0.3) is 0 Å². The number of carbonyl (C=O) groups excluding carboxylic acids is 2. The van der Waals surface area contributed by atoms with Gasteiger partial charge in [0, 0.05) is 25.3 Å². The number of aliphatic carboxylic acids is 2. The first-order valence-corrected chi connectivity index (χ1v) is 13.3. The largest absolute Gasteiger partial charge is 0.481 e. The number of unbranched alkanes of at least 4 members (excludes halogenated alkanes) is 13. The Morgan fingerprint density at radius 1 is 0.559 bits per heavy atom. The number of carbonyl (C=O) groups is 4. The smallest absolute Gasteiger partial charge is 0.326 e. The maximum Gasteiger partial charge on any atom is 0.326 e. The molecule has 0 spiro atoms. The standard InChI is InChI=1S/C26H48N2O6/c1-21(2)27-24(30)20-19-22(26(33)34)28-23(29)17-15-13-11-9-7-5-3-4-6-8-10-12-14-16-18-25(31)32/h21-22H,3-20H2,1-2H3,(H,27,30)(H,28,29)(H,31,32)(H,33,34)/t22-/m0/s1. The van der Waals surface area contributed by atoms with Gasteiger partial charge in [0.05, 0.1) is 0 Å². The second-order valence-corrected chi connectivity index (χ2v) is 9.56. The normalized spacial score (nSPS) is 11.9. The predicted molar refractivity (Wildman–Crippen MR) is 134 cm³/mol. The van der Waals surface area contributed by atoms with Crippen molar-refractivity contribution in [1.82, 2.24) is 10.6 Å². The molecule has 0 aliphatic heterocycles. The number of rotatable bonds is 23. The first-order chi connectivity index (χ1) is 16.2. The van der Waals surface area contributed by atoms with Gasteiger partial charge in [0.2, 0.25) is 11.8 Å². The van der Waals surface area contributed by atoms with E-state index in [0.29, 0.717) is 12.8 Å². The maximum atomic E-state index is 12.0. The molecule has 1 atom stereocenters. The van der Waals surface area contributed by atoms with Crippen molar-refractivity contribution in [3.05, 3.63) is 0 Å². The average Bonchev–Trinajstić information content (AvgIpc) is 2.75. The molecule has 198 valence electrons. The van der Waals surface area contributed by atoms with Gasteiger partial charge in [-0.1, -0.05) is 77.0 Å². The first-order valence-electron chi connectivity index (χ1n) is 13.3. The van der Waals surface area contributed by atoms with E-state index in [-0.39, 0.29) is 30.7 Å². The monoisotopic (exact) mass is 484 g/mol. The summed E-state index contributed by atoms with van der Waals surface area (Å²) in [4.78, 5) is 45.5. The zero-order chi connectivity index (χ0) is 25.6. The fraction of sp³-hybridized carbons (Fsp3) is 0.846. The van der Waals surface area contributed by atoms with E-state index in [2.05, 4.69) is 10.6 Å². The summed E-state index contributed by atoms with van der Waals surface area (Å²) in [6, 6.07) is -1.02. The fourth-order valence-electron chi connectivity index (χ4n) is 3.88. The Kier molecular flexibility index (Phi) is 20.1. The minimum Gasteiger partial charge on any atom is -0.481 e. The summed E-state index contributed by atoms with van der Waals surface area (Å²) in [6.07, 6.45) is 16.3. The first kappa shape index (κ1) is 31.9. The van der Waals surface area contributed by atoms with E-state index in [0.717, 1.165) is 44.9 Å². The lowest BCUT2D eigenvalue weighted by Gasteiger charge is -2.15. The zero-order valence-electron chi connectivity index (χ0n) is 21.4. The van der Waals surface area contributed by atoms with Gasteiger partial charge >= 0.3 is 11.9 Å². The number of hydrogen-bond acceptors (Lipinski definition) is 4. The highest BCUT2D eigenvalue weighted by Gasteiger charge is 2.20. The zero-order valence-corrected chi connectivity index (χ0v) is 21.4. The summed E-state index contributed by atoms with van der Waals surface area (Å²) >= 11 is 0. The second kappa shape index (κ2) is 21.4. The van der Waals surface area contributed by atoms with Gasteiger partial charge in [0.15, 0.2) is 0 Å². The SMILES string of the molecule is CC(C)NC(=O)CC[C@H](NC(=O)CCCCCCCCCCCCCCCCC(=O)O)C(=O)O. The van der Waals surface area contributed by atoms with Crippen molar-refractivity contribution in [2.75, 3.05) is 0 Å². The minimum atomic E-state index is -1.11. The van der Waals surface area contributed by atoms with Gasteiger partial charge < -0.3 is 20.8 Å². The molecule has 0 fully saturated rings. The van der Waals surface area contributed by atoms with Crippen molar-refractivity contribution in [1.29, 1.82) is 0 Å². The summed E-state index contributed by atoms with van der Waals surface area (Å²) in [5, 5.41) is 23.1. The molecule has 0 aliphatic rings. The van der Waals surface area contributed by atoms with Crippen LogP contribution in [0.5, 0.6) is 0 Å². The third kappa shape index (κ3) is 21.7. The molecule has 0 heterocycles. The third-order valence-electron chi connectivity index (χ3n) is 5.79. The molecule has 0 aromatic rings. The average molecular weight is 485 g/mol. The topological polar surface area (TPSA) is 133 Å². The van der Waals surface area contributed by atoms with Crippen LogP contribution in [-0.4, -0.2) is 46.0 Å². The Labute approximate surface area is 205 Å². The molecular formula is C26H48N2O6. The van der Waals surface area contributed by atoms with Crippen molar-refractivity contribution in [2.24, 2.45) is 0 Å². The van der Waals surface area contributed by atoms with E-state index in [1.54, 1.807) is 0 Å². The highest BCUT2D eigenvalue weighted by atomic mass is 16.4. The van der Waals surface area contributed by atoms with Crippen LogP contribution in [0.1, 0.15) is 129 Å². The van der Waals surface area contributed by atoms with Crippen LogP contribution in [-0.2, 0) is 19.2 Å². The predicted octanol–water partition coefficient (Wildman–Crippen LogP) is 5.19. The van der Waals surface area contributed by atoms with Crippen molar-refractivity contribution in [3.63, 3.8) is 0 Å². The third-order valence-corrected chi connectivity index (χ3v) is 5.79. The van der Waals surface area contributed by atoms with Gasteiger partial charge in [0.1, 0.15) is 6.04 Å². The Morgan fingerprint density at radius 3 is 1.32 bits per heavy atom. The Hall–Kier alpha value is -2.12. The van der Waals surface area contributed by atoms with E-state index < -0.39 is 18.0 Å². The highest BCUT2D eigenvalue weighted by Crippen LogP contribution is 2.14. The summed E-state index contributed by atoms with van der Waals surface area (Å²) in [6.45, 7) is 3.68. The van der Waals surface area contributed by atoms with Gasteiger partial charge in [-0.05, 0) is 33.1 Å². The van der Waals surface area contributed by atoms with Crippen molar-refractivity contribution in [3.8, 4) is 0 Å². The summed E-state index contributed by atoms with van der Waals surface area (Å²) in [5.74, 6) is -2.28. The molecule has 8 nitrogen and oxygen atoms in total. The molecule has 0 radical (unpaired) electrons. The molecule has 0 aromatic carbocycles. The fourth-order valence-corrected chi connectivity index (χ4v) is 3.88. The molecule has 0 aromatic heterocycles. The second-order valence-electron chi connectivity index (χ2n) is 9.56. The van der Waals surface area contributed by atoms with Crippen LogP contribution in [0.2, 0.25) is 0 Å². The van der Waals surface area contributed by atoms with E-state index >= 15 is 0 Å². The molecule has 0 saturated carbocycles. The van der Waals surface area contributed by atoms with E-state index in [1.807, 2.05) is 13.8 Å². The lowest BCUT2D eigenvalue weighted by Crippen LogP contribution is -2.42. The Bertz CT molecular complexity index is 580. The van der Waals surface area contributed by atoms with Crippen LogP contribution in [0.4, 0.5) is 0 Å². The number of carboxylic acid groups (broad SMARTS) is 2. The van der Waals surface area contributed by atoms with E-state index in [1.165, 1.54) is 44.9 Å². The molecule has 0 bridgehead atoms. The summed E-state index contributed by atoms with van der Waals surface area (Å²) in [7, 11) is 0. The molecule has 8 heteroatoms. The quantitative estimate of drug-likeness (QED) is 0.148. The lowest BCUT2D eigenvalue weighted by atomic mass is 10.0. The number of hydrogen-bond donors (Lipinski definition) is 4. The molecule has 0 aliphatic carbocycles. The van der Waals surface area contributed by atoms with E-state index in [9.17, 15) is 24.3 Å². The van der Waals surface area contributed by atoms with Gasteiger partial charge in [-0.2, -0.15) is 0 Å². The highest BCUT2D eigenvalue weighted by molar-refractivity contribution is 5.84. The van der Waals surface area contributed by atoms with Crippen molar-refractivity contribution < 1.29 is 29.4 Å². The summed E-state index contributed by atoms with van der Waals surface area (Å²) < 4.78 is 0. The maximum absolute atomic E-state index is 12.0. The molecule has 0 rings (SSSR count). The Morgan fingerprint density at radius 2 is 0.941 bits per heavy atom. The minimum absolute atomic E-state index is 0.00421. The van der Waals surface area contributed by atoms with Crippen LogP contribution in [0, 0.1) is 0 Å². The van der Waals surface area contributed by atoms with Gasteiger partial charge in [-0.15, -0.1) is 0 Å². The molecule has 34 heavy (non-hydrogen) atoms. The molecule has 0 saturated heterocycles. The molecule has 4 N–H and O–H groups in total. The lowest BCUT2D eigenvalue weighted by molar-refractivity contribution is -0.142. The van der Waals surface area contributed by atoms with Gasteiger partial charge in [-0.25, -0.2) is 4.79 Å². The van der Waals surface area contributed by atoms with Crippen LogP contribution >= 0.6 is 0 Å². The number of nitrogens with one attached hydrogen (secondary N) is 2. The van der Waals surface area contributed by atoms with Crippen LogP contribution in [0.15, 0.2) is 0 Å². The van der Waals surface area contributed by atoms with Crippen molar-refractivity contribution >= 4 is 23.8 Å². The molecule has 0 unspecified atom stereocenters. The van der Waals surface area contributed by atoms with Crippen LogP contribution < -0.4 is 10.6 Å². The van der Waals surface area contributed by atoms with Gasteiger partial charge in [0.25, 0.3) is 0 Å². The van der Waals surface area contributed by atoms with Crippen LogP contribution in [0.3, 0.4) is 0 Å². The van der Waals surface area contributed by atoms with Gasteiger partial charge in [-0.3, -0.25) is 14.4 Å². The van der Waals surface area contributed by atoms with Crippen molar-refractivity contribution in [2.45, 2.75) is 142 Å². The molecular weight excluding hydrogens is 436 g/mol. The Balaban J connectivity index is 3.57. The molecule has 2 amide bonds.